The maximum absolute atomic E-state index is 13.6. The fourth-order valence-corrected chi connectivity index (χ4v) is 2.99. The molecule has 20 heavy (non-hydrogen) atoms. The number of benzene rings is 1. The lowest BCUT2D eigenvalue weighted by molar-refractivity contribution is 0.0232. The summed E-state index contributed by atoms with van der Waals surface area (Å²) in [6.07, 6.45) is 7.10. The third-order valence-corrected chi connectivity index (χ3v) is 4.30. The molecule has 1 aliphatic rings. The molecule has 1 saturated carbocycles. The molecular formula is C17H26FNO. The van der Waals surface area contributed by atoms with Gasteiger partial charge in [-0.25, -0.2) is 4.39 Å². The summed E-state index contributed by atoms with van der Waals surface area (Å²) < 4.78 is 13.6. The fraction of sp³-hybridized carbons (Fsp3) is 0.647. The highest BCUT2D eigenvalue weighted by Gasteiger charge is 2.28. The van der Waals surface area contributed by atoms with Gasteiger partial charge in [-0.3, -0.25) is 0 Å². The SMILES string of the molecule is CC(Cc1ccccc1F)NCC1(O)CCCCCC1. The van der Waals surface area contributed by atoms with E-state index in [4.69, 9.17) is 0 Å². The number of nitrogens with one attached hydrogen (secondary N) is 1. The van der Waals surface area contributed by atoms with Gasteiger partial charge in [0.25, 0.3) is 0 Å². The molecule has 1 aromatic carbocycles. The summed E-state index contributed by atoms with van der Waals surface area (Å²) in [6, 6.07) is 7.07. The summed E-state index contributed by atoms with van der Waals surface area (Å²) in [5.74, 6) is -0.144. The Bertz CT molecular complexity index is 413. The van der Waals surface area contributed by atoms with Crippen LogP contribution in [0.1, 0.15) is 51.0 Å². The van der Waals surface area contributed by atoms with Crippen molar-refractivity contribution in [2.45, 2.75) is 63.5 Å². The lowest BCUT2D eigenvalue weighted by atomic mass is 9.94. The quantitative estimate of drug-likeness (QED) is 0.809. The van der Waals surface area contributed by atoms with E-state index in [0.717, 1.165) is 31.2 Å². The molecule has 0 heterocycles. The van der Waals surface area contributed by atoms with Crippen molar-refractivity contribution in [1.29, 1.82) is 0 Å². The third-order valence-electron chi connectivity index (χ3n) is 4.30. The highest BCUT2D eigenvalue weighted by atomic mass is 19.1. The predicted molar refractivity (Wildman–Crippen MR) is 80.2 cm³/mol. The molecule has 0 aliphatic heterocycles. The van der Waals surface area contributed by atoms with Crippen LogP contribution in [0, 0.1) is 5.82 Å². The molecule has 3 heteroatoms. The number of halogens is 1. The summed E-state index contributed by atoms with van der Waals surface area (Å²) in [7, 11) is 0. The Hall–Kier alpha value is -0.930. The zero-order valence-corrected chi connectivity index (χ0v) is 12.4. The van der Waals surface area contributed by atoms with Gasteiger partial charge >= 0.3 is 0 Å². The zero-order valence-electron chi connectivity index (χ0n) is 12.4. The number of hydrogen-bond donors (Lipinski definition) is 2. The van der Waals surface area contributed by atoms with Gasteiger partial charge in [0.2, 0.25) is 0 Å². The predicted octanol–water partition coefficient (Wildman–Crippen LogP) is 3.43. The standard InChI is InChI=1S/C17H26FNO/c1-14(12-15-8-4-5-9-16(15)18)19-13-17(20)10-6-2-3-7-11-17/h4-5,8-9,14,19-20H,2-3,6-7,10-13H2,1H3. The minimum absolute atomic E-state index is 0.144. The average Bonchev–Trinajstić information content (AvgIpc) is 2.65. The van der Waals surface area contributed by atoms with Crippen LogP contribution in [0.5, 0.6) is 0 Å². The molecule has 0 amide bonds. The second-order valence-electron chi connectivity index (χ2n) is 6.22. The summed E-state index contributed by atoms with van der Waals surface area (Å²) in [4.78, 5) is 0. The zero-order chi connectivity index (χ0) is 14.4. The summed E-state index contributed by atoms with van der Waals surface area (Å²) >= 11 is 0. The van der Waals surface area contributed by atoms with Crippen molar-refractivity contribution in [2.24, 2.45) is 0 Å². The molecule has 2 rings (SSSR count). The van der Waals surface area contributed by atoms with Crippen LogP contribution in [0.15, 0.2) is 24.3 Å². The van der Waals surface area contributed by atoms with Gasteiger partial charge in [0.1, 0.15) is 5.82 Å². The van der Waals surface area contributed by atoms with Crippen molar-refractivity contribution in [3.05, 3.63) is 35.6 Å². The van der Waals surface area contributed by atoms with Crippen molar-refractivity contribution in [3.63, 3.8) is 0 Å². The highest BCUT2D eigenvalue weighted by molar-refractivity contribution is 5.18. The lowest BCUT2D eigenvalue weighted by Crippen LogP contribution is -2.44. The van der Waals surface area contributed by atoms with Crippen LogP contribution in [0.2, 0.25) is 0 Å². The van der Waals surface area contributed by atoms with E-state index in [9.17, 15) is 9.50 Å². The Morgan fingerprint density at radius 3 is 2.50 bits per heavy atom. The minimum atomic E-state index is -0.569. The van der Waals surface area contributed by atoms with Crippen molar-refractivity contribution in [1.82, 2.24) is 5.32 Å². The number of aliphatic hydroxyl groups is 1. The van der Waals surface area contributed by atoms with Crippen LogP contribution < -0.4 is 5.32 Å². The maximum Gasteiger partial charge on any atom is 0.126 e. The van der Waals surface area contributed by atoms with E-state index in [1.54, 1.807) is 6.07 Å². The highest BCUT2D eigenvalue weighted by Crippen LogP contribution is 2.26. The molecule has 1 fully saturated rings. The topological polar surface area (TPSA) is 32.3 Å². The monoisotopic (exact) mass is 279 g/mol. The van der Waals surface area contributed by atoms with Crippen molar-refractivity contribution in [3.8, 4) is 0 Å². The molecule has 0 radical (unpaired) electrons. The molecule has 1 atom stereocenters. The van der Waals surface area contributed by atoms with Crippen LogP contribution in [0.3, 0.4) is 0 Å². The van der Waals surface area contributed by atoms with Gasteiger partial charge in [-0.1, -0.05) is 43.9 Å². The van der Waals surface area contributed by atoms with Gasteiger partial charge in [0, 0.05) is 12.6 Å². The minimum Gasteiger partial charge on any atom is -0.389 e. The van der Waals surface area contributed by atoms with E-state index in [1.807, 2.05) is 19.1 Å². The third kappa shape index (κ3) is 4.57. The molecule has 1 unspecified atom stereocenters. The summed E-state index contributed by atoms with van der Waals surface area (Å²) in [6.45, 7) is 2.66. The van der Waals surface area contributed by atoms with Gasteiger partial charge in [-0.05, 0) is 37.8 Å². The van der Waals surface area contributed by atoms with E-state index in [2.05, 4.69) is 5.32 Å². The smallest absolute Gasteiger partial charge is 0.126 e. The molecule has 0 bridgehead atoms. The first-order valence-electron chi connectivity index (χ1n) is 7.78. The molecule has 0 spiro atoms. The number of rotatable bonds is 5. The van der Waals surface area contributed by atoms with E-state index >= 15 is 0 Å². The maximum atomic E-state index is 13.6. The first-order chi connectivity index (χ1) is 9.59. The second kappa shape index (κ2) is 7.19. The lowest BCUT2D eigenvalue weighted by Gasteiger charge is -2.29. The Balaban J connectivity index is 1.82. The molecule has 112 valence electrons. The van der Waals surface area contributed by atoms with Crippen molar-refractivity contribution < 1.29 is 9.50 Å². The van der Waals surface area contributed by atoms with E-state index in [-0.39, 0.29) is 11.9 Å². The normalized spacial score (nSPS) is 20.4. The average molecular weight is 279 g/mol. The Labute approximate surface area is 121 Å². The van der Waals surface area contributed by atoms with Crippen LogP contribution >= 0.6 is 0 Å². The molecule has 2 N–H and O–H groups in total. The van der Waals surface area contributed by atoms with E-state index in [1.165, 1.54) is 18.9 Å². The molecule has 1 aromatic rings. The largest absolute Gasteiger partial charge is 0.389 e. The molecule has 0 saturated heterocycles. The Morgan fingerprint density at radius 1 is 1.20 bits per heavy atom. The molecular weight excluding hydrogens is 253 g/mol. The number of hydrogen-bond acceptors (Lipinski definition) is 2. The van der Waals surface area contributed by atoms with Crippen molar-refractivity contribution in [2.75, 3.05) is 6.54 Å². The van der Waals surface area contributed by atoms with Gasteiger partial charge in [-0.2, -0.15) is 0 Å². The van der Waals surface area contributed by atoms with Crippen LogP contribution in [0.4, 0.5) is 4.39 Å². The molecule has 0 aromatic heterocycles. The van der Waals surface area contributed by atoms with Gasteiger partial charge < -0.3 is 10.4 Å². The molecule has 2 nitrogen and oxygen atoms in total. The van der Waals surface area contributed by atoms with Crippen LogP contribution in [0.25, 0.3) is 0 Å². The van der Waals surface area contributed by atoms with Gasteiger partial charge in [0.15, 0.2) is 0 Å². The Kier molecular flexibility index (Phi) is 5.55. The Morgan fingerprint density at radius 2 is 1.85 bits per heavy atom. The summed E-state index contributed by atoms with van der Waals surface area (Å²) in [5.41, 5.74) is 0.167. The van der Waals surface area contributed by atoms with Crippen LogP contribution in [-0.4, -0.2) is 23.3 Å². The van der Waals surface area contributed by atoms with Crippen molar-refractivity contribution >= 4 is 0 Å². The van der Waals surface area contributed by atoms with Gasteiger partial charge in [0.05, 0.1) is 5.60 Å². The first kappa shape index (κ1) is 15.5. The van der Waals surface area contributed by atoms with Crippen LogP contribution in [-0.2, 0) is 6.42 Å². The fourth-order valence-electron chi connectivity index (χ4n) is 2.99. The van der Waals surface area contributed by atoms with Gasteiger partial charge in [-0.15, -0.1) is 0 Å². The first-order valence-corrected chi connectivity index (χ1v) is 7.78. The van der Waals surface area contributed by atoms with E-state index < -0.39 is 5.60 Å². The van der Waals surface area contributed by atoms with E-state index in [0.29, 0.717) is 13.0 Å². The second-order valence-corrected chi connectivity index (χ2v) is 6.22. The summed E-state index contributed by atoms with van der Waals surface area (Å²) in [5, 5.41) is 14.0. The molecule has 1 aliphatic carbocycles.